The normalized spacial score (nSPS) is 11.3. The van der Waals surface area contributed by atoms with E-state index in [1.165, 1.54) is 54.8 Å². The van der Waals surface area contributed by atoms with Crippen LogP contribution in [0, 0.1) is 0 Å². The fourth-order valence-corrected chi connectivity index (χ4v) is 8.95. The Hall–Kier alpha value is -7.94. The smallest absolute Gasteiger partial charge is 0.0541 e. The average Bonchev–Trinajstić information content (AvgIpc) is 3.67. The largest absolute Gasteiger partial charge is 0.309 e. The summed E-state index contributed by atoms with van der Waals surface area (Å²) in [5.41, 5.74) is 16.2. The van der Waals surface area contributed by atoms with E-state index in [2.05, 4.69) is 252 Å². The summed E-state index contributed by atoms with van der Waals surface area (Å²) in [7, 11) is 0. The molecule has 2 nitrogen and oxygen atoms in total. The van der Waals surface area contributed by atoms with Gasteiger partial charge in [0.05, 0.1) is 28.1 Å². The molecule has 11 rings (SSSR count). The van der Waals surface area contributed by atoms with E-state index >= 15 is 0 Å². The first-order valence-electron chi connectivity index (χ1n) is 20.6. The molecule has 0 amide bonds. The topological polar surface area (TPSA) is 8.17 Å². The van der Waals surface area contributed by atoms with Gasteiger partial charge < -0.3 is 9.47 Å². The molecule has 0 N–H and O–H groups in total. The van der Waals surface area contributed by atoms with Crippen molar-refractivity contribution in [2.45, 2.75) is 0 Å². The third-order valence-corrected chi connectivity index (χ3v) is 11.8. The first-order valence-corrected chi connectivity index (χ1v) is 20.6. The minimum atomic E-state index is 1.08. The van der Waals surface area contributed by atoms with Crippen molar-refractivity contribution < 1.29 is 0 Å². The Bertz CT molecular complexity index is 3250. The van der Waals surface area contributed by atoms with Gasteiger partial charge in [0.25, 0.3) is 0 Å². The zero-order valence-electron chi connectivity index (χ0n) is 33.0. The lowest BCUT2D eigenvalue weighted by atomic mass is 9.94. The summed E-state index contributed by atoms with van der Waals surface area (Å²) < 4.78 is 2.42. The van der Waals surface area contributed by atoms with Gasteiger partial charge in [-0.2, -0.15) is 0 Å². The second kappa shape index (κ2) is 15.1. The summed E-state index contributed by atoms with van der Waals surface area (Å²) in [5.74, 6) is 0. The van der Waals surface area contributed by atoms with Crippen LogP contribution in [0.5, 0.6) is 0 Å². The SMILES string of the molecule is c1ccc(-c2ccccc2N(c2ccc(-c3ccccc3-n3c4ccccc4c4ccccc43)cc2)c2ccc(-c3ccc4ccccc4c3)cc2-c2ccccc2)cc1. The molecule has 0 aliphatic rings. The molecule has 0 spiro atoms. The molecule has 1 heterocycles. The molecule has 0 radical (unpaired) electrons. The van der Waals surface area contributed by atoms with Gasteiger partial charge in [-0.1, -0.05) is 188 Å². The first-order chi connectivity index (χ1) is 29.8. The van der Waals surface area contributed by atoms with Gasteiger partial charge in [-0.15, -0.1) is 0 Å². The number of aromatic nitrogens is 1. The van der Waals surface area contributed by atoms with Crippen LogP contribution in [0.1, 0.15) is 0 Å². The molecule has 0 aliphatic carbocycles. The van der Waals surface area contributed by atoms with Gasteiger partial charge >= 0.3 is 0 Å². The second-order valence-corrected chi connectivity index (χ2v) is 15.3. The summed E-state index contributed by atoms with van der Waals surface area (Å²) in [6.45, 7) is 0. The summed E-state index contributed by atoms with van der Waals surface area (Å²) in [4.78, 5) is 2.44. The van der Waals surface area contributed by atoms with Gasteiger partial charge in [0.1, 0.15) is 0 Å². The van der Waals surface area contributed by atoms with E-state index in [9.17, 15) is 0 Å². The Morgan fingerprint density at radius 3 is 1.48 bits per heavy atom. The molecule has 60 heavy (non-hydrogen) atoms. The number of anilines is 3. The van der Waals surface area contributed by atoms with E-state index in [1.54, 1.807) is 0 Å². The van der Waals surface area contributed by atoms with Crippen molar-refractivity contribution in [1.29, 1.82) is 0 Å². The van der Waals surface area contributed by atoms with E-state index in [1.807, 2.05) is 0 Å². The lowest BCUT2D eigenvalue weighted by Gasteiger charge is -2.30. The van der Waals surface area contributed by atoms with Crippen LogP contribution >= 0.6 is 0 Å². The Morgan fingerprint density at radius 2 is 0.767 bits per heavy atom. The molecule has 2 heteroatoms. The zero-order valence-corrected chi connectivity index (χ0v) is 33.0. The summed E-state index contributed by atoms with van der Waals surface area (Å²) in [5, 5.41) is 4.99. The van der Waals surface area contributed by atoms with Crippen molar-refractivity contribution in [3.63, 3.8) is 0 Å². The van der Waals surface area contributed by atoms with Crippen LogP contribution in [0.3, 0.4) is 0 Å². The monoisotopic (exact) mass is 764 g/mol. The molecule has 0 saturated heterocycles. The number of fused-ring (bicyclic) bond motifs is 4. The minimum absolute atomic E-state index is 1.08. The van der Waals surface area contributed by atoms with E-state index in [0.717, 1.165) is 45.0 Å². The molecular formula is C58H40N2. The maximum Gasteiger partial charge on any atom is 0.0541 e. The number of benzene rings is 10. The third kappa shape index (κ3) is 6.23. The molecule has 1 aromatic heterocycles. The number of nitrogens with zero attached hydrogens (tertiary/aromatic N) is 2. The van der Waals surface area contributed by atoms with Crippen molar-refractivity contribution in [3.8, 4) is 50.2 Å². The van der Waals surface area contributed by atoms with E-state index in [4.69, 9.17) is 0 Å². The number of rotatable bonds is 8. The quantitative estimate of drug-likeness (QED) is 0.150. The van der Waals surface area contributed by atoms with Gasteiger partial charge in [0, 0.05) is 33.2 Å². The van der Waals surface area contributed by atoms with Gasteiger partial charge in [0.2, 0.25) is 0 Å². The van der Waals surface area contributed by atoms with Gasteiger partial charge in [-0.05, 0) is 93.2 Å². The van der Waals surface area contributed by atoms with Crippen molar-refractivity contribution in [1.82, 2.24) is 4.57 Å². The third-order valence-electron chi connectivity index (χ3n) is 11.8. The predicted octanol–water partition coefficient (Wildman–Crippen LogP) is 16.1. The molecular weight excluding hydrogens is 725 g/mol. The standard InChI is InChI=1S/C58H40N2/c1-3-18-42(19-4-1)49-23-9-13-27-54(49)59(58-38-35-47(40-53(58)43-20-5-2-6-21-43)46-32-31-41-17-7-8-22-45(41)39-46)48-36-33-44(34-37-48)50-24-10-14-28-55(50)60-56-29-15-11-25-51(56)52-26-12-16-30-57(52)60/h1-40H. The van der Waals surface area contributed by atoms with Crippen molar-refractivity contribution >= 4 is 49.6 Å². The maximum absolute atomic E-state index is 2.44. The summed E-state index contributed by atoms with van der Waals surface area (Å²) in [6.07, 6.45) is 0. The Kier molecular flexibility index (Phi) is 8.87. The van der Waals surface area contributed by atoms with Crippen LogP contribution < -0.4 is 4.90 Å². The van der Waals surface area contributed by atoms with Crippen LogP contribution in [0.4, 0.5) is 17.1 Å². The summed E-state index contributed by atoms with van der Waals surface area (Å²) >= 11 is 0. The van der Waals surface area contributed by atoms with Crippen LogP contribution in [0.2, 0.25) is 0 Å². The Morgan fingerprint density at radius 1 is 0.283 bits per heavy atom. The molecule has 0 atom stereocenters. The molecule has 282 valence electrons. The lowest BCUT2D eigenvalue weighted by molar-refractivity contribution is 1.18. The van der Waals surface area contributed by atoms with Crippen molar-refractivity contribution in [2.75, 3.05) is 4.90 Å². The molecule has 0 aliphatic heterocycles. The van der Waals surface area contributed by atoms with Crippen LogP contribution in [0.15, 0.2) is 243 Å². The first kappa shape index (κ1) is 35.2. The summed E-state index contributed by atoms with van der Waals surface area (Å²) in [6, 6.07) is 87.9. The van der Waals surface area contributed by atoms with E-state index in [0.29, 0.717) is 0 Å². The fourth-order valence-electron chi connectivity index (χ4n) is 8.95. The fraction of sp³-hybridized carbons (Fsp3) is 0. The average molecular weight is 765 g/mol. The predicted molar refractivity (Wildman–Crippen MR) is 255 cm³/mol. The van der Waals surface area contributed by atoms with Crippen LogP contribution in [0.25, 0.3) is 82.8 Å². The van der Waals surface area contributed by atoms with E-state index < -0.39 is 0 Å². The highest BCUT2D eigenvalue weighted by atomic mass is 15.1. The molecule has 10 aromatic carbocycles. The second-order valence-electron chi connectivity index (χ2n) is 15.3. The maximum atomic E-state index is 2.44. The molecule has 0 fully saturated rings. The molecule has 0 saturated carbocycles. The van der Waals surface area contributed by atoms with Gasteiger partial charge in [0.15, 0.2) is 0 Å². The highest BCUT2D eigenvalue weighted by Gasteiger charge is 2.22. The molecule has 11 aromatic rings. The van der Waals surface area contributed by atoms with Crippen molar-refractivity contribution in [3.05, 3.63) is 243 Å². The Labute approximate surface area is 350 Å². The number of hydrogen-bond donors (Lipinski definition) is 0. The molecule has 0 unspecified atom stereocenters. The zero-order chi connectivity index (χ0) is 39.8. The van der Waals surface area contributed by atoms with Crippen molar-refractivity contribution in [2.24, 2.45) is 0 Å². The number of hydrogen-bond acceptors (Lipinski definition) is 1. The highest BCUT2D eigenvalue weighted by molar-refractivity contribution is 6.09. The Balaban J connectivity index is 1.10. The van der Waals surface area contributed by atoms with Gasteiger partial charge in [-0.25, -0.2) is 0 Å². The van der Waals surface area contributed by atoms with Gasteiger partial charge in [-0.3, -0.25) is 0 Å². The molecule has 0 bridgehead atoms. The lowest BCUT2D eigenvalue weighted by Crippen LogP contribution is -2.12. The minimum Gasteiger partial charge on any atom is -0.309 e. The highest BCUT2D eigenvalue weighted by Crippen LogP contribution is 2.46. The van der Waals surface area contributed by atoms with Crippen LogP contribution in [-0.4, -0.2) is 4.57 Å². The number of para-hydroxylation sites is 4. The van der Waals surface area contributed by atoms with E-state index in [-0.39, 0.29) is 0 Å². The van der Waals surface area contributed by atoms with Crippen LogP contribution in [-0.2, 0) is 0 Å².